The van der Waals surface area contributed by atoms with E-state index < -0.39 is 17.7 Å². The second-order valence-corrected chi connectivity index (χ2v) is 11.4. The number of benzene rings is 1. The molecule has 1 aromatic rings. The van der Waals surface area contributed by atoms with Crippen LogP contribution in [0.4, 0.5) is 4.79 Å². The van der Waals surface area contributed by atoms with Crippen LogP contribution in [-0.4, -0.2) is 53.3 Å². The molecule has 3 aliphatic heterocycles. The Bertz CT molecular complexity index is 922. The average molecular weight is 459 g/mol. The highest BCUT2D eigenvalue weighted by atomic mass is 16.6. The Labute approximate surface area is 197 Å². The van der Waals surface area contributed by atoms with Gasteiger partial charge in [-0.2, -0.15) is 0 Å². The molecule has 4 rings (SSSR count). The van der Waals surface area contributed by atoms with Gasteiger partial charge >= 0.3 is 6.09 Å². The standard InChI is InChI=1S/C26H38N2O5/c1-15-8-9-18-21(12-15)32-26(6,7)19-13-17-14-28(11-10-20(17)31-22(18)19)23(29)16(2)27-24(30)33-25(3,4)5/h8-9,12,16-17,19-20,22H,10-11,13-14H2,1-7H3,(H,27,30)/t16-,17-,19+,20+,22-/m0/s1. The molecule has 5 atom stereocenters. The van der Waals surface area contributed by atoms with Gasteiger partial charge in [-0.3, -0.25) is 4.79 Å². The molecule has 0 aromatic heterocycles. The number of fused-ring (bicyclic) bond motifs is 4. The first-order valence-electron chi connectivity index (χ1n) is 12.1. The highest BCUT2D eigenvalue weighted by Crippen LogP contribution is 2.53. The Morgan fingerprint density at radius 2 is 2.00 bits per heavy atom. The van der Waals surface area contributed by atoms with Gasteiger partial charge in [-0.15, -0.1) is 0 Å². The molecule has 0 bridgehead atoms. The van der Waals surface area contributed by atoms with Crippen molar-refractivity contribution in [3.8, 4) is 5.75 Å². The van der Waals surface area contributed by atoms with Gasteiger partial charge in [0.25, 0.3) is 0 Å². The van der Waals surface area contributed by atoms with Crippen LogP contribution in [0.5, 0.6) is 5.75 Å². The lowest BCUT2D eigenvalue weighted by Gasteiger charge is -2.53. The number of ether oxygens (including phenoxy) is 3. The van der Waals surface area contributed by atoms with Crippen LogP contribution in [0.25, 0.3) is 0 Å². The minimum absolute atomic E-state index is 0.0145. The van der Waals surface area contributed by atoms with E-state index in [1.807, 2.05) is 4.90 Å². The Morgan fingerprint density at radius 1 is 1.27 bits per heavy atom. The van der Waals surface area contributed by atoms with E-state index in [0.29, 0.717) is 13.1 Å². The number of rotatable bonds is 2. The zero-order valence-corrected chi connectivity index (χ0v) is 20.9. The van der Waals surface area contributed by atoms with E-state index in [1.54, 1.807) is 27.7 Å². The summed E-state index contributed by atoms with van der Waals surface area (Å²) in [5.74, 6) is 1.30. The van der Waals surface area contributed by atoms with Crippen molar-refractivity contribution in [3.05, 3.63) is 29.3 Å². The van der Waals surface area contributed by atoms with Crippen LogP contribution in [0.1, 0.15) is 71.6 Å². The summed E-state index contributed by atoms with van der Waals surface area (Å²) < 4.78 is 18.4. The molecule has 0 radical (unpaired) electrons. The largest absolute Gasteiger partial charge is 0.487 e. The fraction of sp³-hybridized carbons (Fsp3) is 0.692. The Kier molecular flexibility index (Phi) is 6.14. The van der Waals surface area contributed by atoms with Crippen molar-refractivity contribution in [3.63, 3.8) is 0 Å². The SMILES string of the molecule is Cc1ccc2c(c1)OC(C)(C)[C@@H]1C[C@H]3CN(C(=O)[C@H](C)NC(=O)OC(C)(C)C)CC[C@H]3O[C@@H]21. The van der Waals surface area contributed by atoms with Crippen molar-refractivity contribution in [1.82, 2.24) is 10.2 Å². The summed E-state index contributed by atoms with van der Waals surface area (Å²) in [6.45, 7) is 14.7. The number of alkyl carbamates (subject to hydrolysis) is 1. The summed E-state index contributed by atoms with van der Waals surface area (Å²) >= 11 is 0. The number of piperidine rings is 1. The second-order valence-electron chi connectivity index (χ2n) is 11.4. The smallest absolute Gasteiger partial charge is 0.408 e. The number of hydrogen-bond acceptors (Lipinski definition) is 5. The fourth-order valence-corrected chi connectivity index (χ4v) is 5.43. The number of amides is 2. The number of likely N-dealkylation sites (tertiary alicyclic amines) is 1. The fourth-order valence-electron chi connectivity index (χ4n) is 5.43. The minimum atomic E-state index is -0.641. The zero-order valence-electron chi connectivity index (χ0n) is 20.9. The van der Waals surface area contributed by atoms with E-state index in [1.165, 1.54) is 5.56 Å². The summed E-state index contributed by atoms with van der Waals surface area (Å²) in [4.78, 5) is 27.0. The number of nitrogens with zero attached hydrogens (tertiary/aromatic N) is 1. The predicted octanol–water partition coefficient (Wildman–Crippen LogP) is 4.37. The first kappa shape index (κ1) is 23.9. The zero-order chi connectivity index (χ0) is 24.1. The number of nitrogens with one attached hydrogen (secondary N) is 1. The van der Waals surface area contributed by atoms with E-state index in [2.05, 4.69) is 44.3 Å². The van der Waals surface area contributed by atoms with Gasteiger partial charge in [0.15, 0.2) is 0 Å². The third kappa shape index (κ3) is 4.98. The molecule has 33 heavy (non-hydrogen) atoms. The molecule has 1 aromatic carbocycles. The summed E-state index contributed by atoms with van der Waals surface area (Å²) in [5.41, 5.74) is 1.36. The topological polar surface area (TPSA) is 77.1 Å². The molecule has 1 N–H and O–H groups in total. The maximum absolute atomic E-state index is 13.1. The van der Waals surface area contributed by atoms with E-state index in [9.17, 15) is 9.59 Å². The van der Waals surface area contributed by atoms with Gasteiger partial charge < -0.3 is 24.4 Å². The molecule has 7 nitrogen and oxygen atoms in total. The third-order valence-electron chi connectivity index (χ3n) is 7.06. The number of hydrogen-bond donors (Lipinski definition) is 1. The van der Waals surface area contributed by atoms with Gasteiger partial charge in [-0.25, -0.2) is 4.79 Å². The maximum Gasteiger partial charge on any atom is 0.408 e. The van der Waals surface area contributed by atoms with Crippen LogP contribution in [-0.2, 0) is 14.3 Å². The van der Waals surface area contributed by atoms with Crippen molar-refractivity contribution in [2.75, 3.05) is 13.1 Å². The van der Waals surface area contributed by atoms with Crippen LogP contribution in [0.2, 0.25) is 0 Å². The van der Waals surface area contributed by atoms with Crippen LogP contribution in [0.15, 0.2) is 18.2 Å². The molecule has 0 spiro atoms. The lowest BCUT2D eigenvalue weighted by molar-refractivity contribution is -0.189. The summed E-state index contributed by atoms with van der Waals surface area (Å²) in [7, 11) is 0. The lowest BCUT2D eigenvalue weighted by Crippen LogP contribution is -2.58. The summed E-state index contributed by atoms with van der Waals surface area (Å²) in [6.07, 6.45) is 1.29. The van der Waals surface area contributed by atoms with Crippen LogP contribution in [0.3, 0.4) is 0 Å². The molecule has 0 aliphatic carbocycles. The quantitative estimate of drug-likeness (QED) is 0.712. The molecule has 3 heterocycles. The first-order chi connectivity index (χ1) is 15.3. The van der Waals surface area contributed by atoms with Gasteiger partial charge in [0.1, 0.15) is 23.0 Å². The van der Waals surface area contributed by atoms with Gasteiger partial charge in [0.2, 0.25) is 5.91 Å². The minimum Gasteiger partial charge on any atom is -0.487 e. The van der Waals surface area contributed by atoms with Gasteiger partial charge in [0, 0.05) is 30.5 Å². The average Bonchev–Trinajstić information content (AvgIpc) is 2.69. The van der Waals surface area contributed by atoms with E-state index in [0.717, 1.165) is 24.2 Å². The third-order valence-corrected chi connectivity index (χ3v) is 7.06. The molecule has 2 fully saturated rings. The molecule has 2 saturated heterocycles. The monoisotopic (exact) mass is 458 g/mol. The van der Waals surface area contributed by atoms with Gasteiger partial charge in [-0.05, 0) is 72.9 Å². The van der Waals surface area contributed by atoms with Crippen molar-refractivity contribution in [2.24, 2.45) is 11.8 Å². The highest BCUT2D eigenvalue weighted by molar-refractivity contribution is 5.85. The Balaban J connectivity index is 1.43. The number of aryl methyl sites for hydroxylation is 1. The molecular formula is C26H38N2O5. The normalized spacial score (nSPS) is 29.0. The molecule has 182 valence electrons. The summed E-state index contributed by atoms with van der Waals surface area (Å²) in [5, 5.41) is 2.68. The Hall–Kier alpha value is -2.28. The summed E-state index contributed by atoms with van der Waals surface area (Å²) in [6, 6.07) is 5.72. The van der Waals surface area contributed by atoms with Crippen molar-refractivity contribution < 1.29 is 23.8 Å². The predicted molar refractivity (Wildman–Crippen MR) is 125 cm³/mol. The maximum atomic E-state index is 13.1. The van der Waals surface area contributed by atoms with Gasteiger partial charge in [0.05, 0.1) is 12.2 Å². The van der Waals surface area contributed by atoms with Gasteiger partial charge in [-0.1, -0.05) is 12.1 Å². The molecule has 0 unspecified atom stereocenters. The molecule has 3 aliphatic rings. The van der Waals surface area contributed by atoms with Crippen LogP contribution >= 0.6 is 0 Å². The number of carbonyl (C=O) groups excluding carboxylic acids is 2. The van der Waals surface area contributed by atoms with Crippen LogP contribution < -0.4 is 10.1 Å². The molecule has 0 saturated carbocycles. The van der Waals surface area contributed by atoms with E-state index >= 15 is 0 Å². The Morgan fingerprint density at radius 3 is 2.70 bits per heavy atom. The van der Waals surface area contributed by atoms with Crippen molar-refractivity contribution >= 4 is 12.0 Å². The molecule has 2 amide bonds. The van der Waals surface area contributed by atoms with Crippen LogP contribution in [0, 0.1) is 18.8 Å². The van der Waals surface area contributed by atoms with E-state index in [-0.39, 0.29) is 35.6 Å². The lowest BCUT2D eigenvalue weighted by atomic mass is 9.70. The molecule has 7 heteroatoms. The van der Waals surface area contributed by atoms with Crippen molar-refractivity contribution in [2.45, 2.75) is 90.8 Å². The second kappa shape index (κ2) is 8.49. The van der Waals surface area contributed by atoms with E-state index in [4.69, 9.17) is 14.2 Å². The number of carbonyl (C=O) groups is 2. The van der Waals surface area contributed by atoms with Crippen molar-refractivity contribution in [1.29, 1.82) is 0 Å². The highest BCUT2D eigenvalue weighted by Gasteiger charge is 2.51. The molecular weight excluding hydrogens is 420 g/mol. The first-order valence-corrected chi connectivity index (χ1v) is 12.1.